The van der Waals surface area contributed by atoms with Crippen LogP contribution in [0.3, 0.4) is 0 Å². The predicted molar refractivity (Wildman–Crippen MR) is 60.0 cm³/mol. The Morgan fingerprint density at radius 3 is 2.73 bits per heavy atom. The second-order valence-electron chi connectivity index (χ2n) is 4.56. The summed E-state index contributed by atoms with van der Waals surface area (Å²) < 4.78 is 1.85. The molecular formula is C11H19N3O. The SMILES string of the molecule is CCn1ccnc1C(=O)CNC(C)(C)C. The third-order valence-corrected chi connectivity index (χ3v) is 2.08. The van der Waals surface area contributed by atoms with Gasteiger partial charge in [0.2, 0.25) is 5.78 Å². The van der Waals surface area contributed by atoms with Crippen molar-refractivity contribution in [1.82, 2.24) is 14.9 Å². The molecule has 0 spiro atoms. The molecule has 0 fully saturated rings. The number of imidazole rings is 1. The van der Waals surface area contributed by atoms with E-state index >= 15 is 0 Å². The minimum absolute atomic E-state index is 0.0387. The first-order chi connectivity index (χ1) is 6.94. The van der Waals surface area contributed by atoms with E-state index in [4.69, 9.17) is 0 Å². The van der Waals surface area contributed by atoms with Crippen LogP contribution in [0.5, 0.6) is 0 Å². The van der Waals surface area contributed by atoms with Crippen LogP contribution in [0.2, 0.25) is 0 Å². The van der Waals surface area contributed by atoms with E-state index in [9.17, 15) is 4.79 Å². The first-order valence-electron chi connectivity index (χ1n) is 5.23. The van der Waals surface area contributed by atoms with Crippen molar-refractivity contribution in [1.29, 1.82) is 0 Å². The van der Waals surface area contributed by atoms with E-state index in [0.29, 0.717) is 12.4 Å². The smallest absolute Gasteiger partial charge is 0.211 e. The highest BCUT2D eigenvalue weighted by molar-refractivity contribution is 5.94. The van der Waals surface area contributed by atoms with Crippen molar-refractivity contribution in [2.75, 3.05) is 6.54 Å². The third-order valence-electron chi connectivity index (χ3n) is 2.08. The molecule has 1 aromatic rings. The third kappa shape index (κ3) is 3.47. The standard InChI is InChI=1S/C11H19N3O/c1-5-14-7-6-12-10(14)9(15)8-13-11(2,3)4/h6-7,13H,5,8H2,1-4H3. The van der Waals surface area contributed by atoms with Crippen LogP contribution in [0.15, 0.2) is 12.4 Å². The van der Waals surface area contributed by atoms with Gasteiger partial charge in [-0.15, -0.1) is 0 Å². The van der Waals surface area contributed by atoms with Crippen LogP contribution < -0.4 is 5.32 Å². The summed E-state index contributed by atoms with van der Waals surface area (Å²) in [6.45, 7) is 9.21. The number of nitrogens with one attached hydrogen (secondary N) is 1. The van der Waals surface area contributed by atoms with Crippen molar-refractivity contribution >= 4 is 5.78 Å². The Balaban J connectivity index is 2.62. The molecule has 0 aliphatic heterocycles. The van der Waals surface area contributed by atoms with Crippen LogP contribution in [0.25, 0.3) is 0 Å². The van der Waals surface area contributed by atoms with Crippen LogP contribution in [0, 0.1) is 0 Å². The molecule has 0 bridgehead atoms. The van der Waals surface area contributed by atoms with Gasteiger partial charge in [-0.25, -0.2) is 4.98 Å². The highest BCUT2D eigenvalue weighted by Gasteiger charge is 2.15. The van der Waals surface area contributed by atoms with Crippen molar-refractivity contribution in [2.45, 2.75) is 39.8 Å². The fourth-order valence-corrected chi connectivity index (χ4v) is 1.24. The fraction of sp³-hybridized carbons (Fsp3) is 0.636. The zero-order chi connectivity index (χ0) is 11.5. The van der Waals surface area contributed by atoms with Gasteiger partial charge in [0.25, 0.3) is 0 Å². The first-order valence-corrected chi connectivity index (χ1v) is 5.23. The van der Waals surface area contributed by atoms with Crippen LogP contribution in [0.1, 0.15) is 38.3 Å². The van der Waals surface area contributed by atoms with Crippen LogP contribution in [0.4, 0.5) is 0 Å². The Bertz CT molecular complexity index is 336. The number of Topliss-reactive ketones (excluding diaryl/α,β-unsaturated/α-hetero) is 1. The van der Waals surface area contributed by atoms with Crippen LogP contribution >= 0.6 is 0 Å². The maximum Gasteiger partial charge on any atom is 0.211 e. The van der Waals surface area contributed by atoms with Gasteiger partial charge < -0.3 is 9.88 Å². The summed E-state index contributed by atoms with van der Waals surface area (Å²) >= 11 is 0. The number of ketones is 1. The molecule has 0 atom stereocenters. The number of nitrogens with zero attached hydrogens (tertiary/aromatic N) is 2. The average molecular weight is 209 g/mol. The number of carbonyl (C=O) groups is 1. The molecule has 84 valence electrons. The second kappa shape index (κ2) is 4.57. The van der Waals surface area contributed by atoms with E-state index in [2.05, 4.69) is 10.3 Å². The number of aryl methyl sites for hydroxylation is 1. The Kier molecular flexibility index (Phi) is 3.63. The Hall–Kier alpha value is -1.16. The molecule has 1 rings (SSSR count). The molecule has 0 aliphatic carbocycles. The van der Waals surface area contributed by atoms with Gasteiger partial charge in [0.1, 0.15) is 0 Å². The van der Waals surface area contributed by atoms with Gasteiger partial charge in [-0.1, -0.05) is 0 Å². The number of hydrogen-bond acceptors (Lipinski definition) is 3. The van der Waals surface area contributed by atoms with Crippen molar-refractivity contribution in [3.05, 3.63) is 18.2 Å². The minimum atomic E-state index is -0.0424. The van der Waals surface area contributed by atoms with Gasteiger partial charge in [0.15, 0.2) is 5.82 Å². The molecule has 0 amide bonds. The van der Waals surface area contributed by atoms with Gasteiger partial charge in [0.05, 0.1) is 6.54 Å². The van der Waals surface area contributed by atoms with Gasteiger partial charge in [-0.05, 0) is 27.7 Å². The summed E-state index contributed by atoms with van der Waals surface area (Å²) in [6, 6.07) is 0. The summed E-state index contributed by atoms with van der Waals surface area (Å²) in [6.07, 6.45) is 3.48. The molecule has 1 heterocycles. The Labute approximate surface area is 90.7 Å². The Morgan fingerprint density at radius 1 is 1.53 bits per heavy atom. The topological polar surface area (TPSA) is 46.9 Å². The van der Waals surface area contributed by atoms with Crippen LogP contribution in [-0.2, 0) is 6.54 Å². The number of rotatable bonds is 4. The summed E-state index contributed by atoms with van der Waals surface area (Å²) in [5, 5.41) is 3.16. The summed E-state index contributed by atoms with van der Waals surface area (Å²) in [7, 11) is 0. The van der Waals surface area contributed by atoms with E-state index in [0.717, 1.165) is 6.54 Å². The predicted octanol–water partition coefficient (Wildman–Crippen LogP) is 1.47. The molecule has 4 heteroatoms. The van der Waals surface area contributed by atoms with Gasteiger partial charge in [0, 0.05) is 24.5 Å². The van der Waals surface area contributed by atoms with E-state index in [1.807, 2.05) is 38.5 Å². The largest absolute Gasteiger partial charge is 0.329 e. The Morgan fingerprint density at radius 2 is 2.20 bits per heavy atom. The van der Waals surface area contributed by atoms with E-state index in [-0.39, 0.29) is 11.3 Å². The molecule has 0 aromatic carbocycles. The quantitative estimate of drug-likeness (QED) is 0.764. The lowest BCUT2D eigenvalue weighted by molar-refractivity contribution is 0.0968. The first kappa shape index (κ1) is 11.9. The molecule has 4 nitrogen and oxygen atoms in total. The van der Waals surface area contributed by atoms with Crippen molar-refractivity contribution in [3.8, 4) is 0 Å². The molecule has 1 N–H and O–H groups in total. The summed E-state index contributed by atoms with van der Waals surface area (Å²) in [5.74, 6) is 0.575. The normalized spacial score (nSPS) is 11.7. The lowest BCUT2D eigenvalue weighted by Gasteiger charge is -2.19. The highest BCUT2D eigenvalue weighted by atomic mass is 16.1. The van der Waals surface area contributed by atoms with E-state index in [1.165, 1.54) is 0 Å². The average Bonchev–Trinajstić information content (AvgIpc) is 2.60. The second-order valence-corrected chi connectivity index (χ2v) is 4.56. The van der Waals surface area contributed by atoms with Crippen molar-refractivity contribution in [2.24, 2.45) is 0 Å². The minimum Gasteiger partial charge on any atom is -0.329 e. The summed E-state index contributed by atoms with van der Waals surface area (Å²) in [5.41, 5.74) is -0.0424. The molecule has 0 unspecified atom stereocenters. The molecule has 0 radical (unpaired) electrons. The number of carbonyl (C=O) groups excluding carboxylic acids is 1. The lowest BCUT2D eigenvalue weighted by Crippen LogP contribution is -2.39. The number of aromatic nitrogens is 2. The van der Waals surface area contributed by atoms with Gasteiger partial charge in [-0.2, -0.15) is 0 Å². The van der Waals surface area contributed by atoms with Crippen molar-refractivity contribution < 1.29 is 4.79 Å². The van der Waals surface area contributed by atoms with E-state index < -0.39 is 0 Å². The van der Waals surface area contributed by atoms with Gasteiger partial charge in [-0.3, -0.25) is 4.79 Å². The van der Waals surface area contributed by atoms with Crippen molar-refractivity contribution in [3.63, 3.8) is 0 Å². The van der Waals surface area contributed by atoms with Crippen LogP contribution in [-0.4, -0.2) is 27.4 Å². The highest BCUT2D eigenvalue weighted by Crippen LogP contribution is 2.01. The fourth-order valence-electron chi connectivity index (χ4n) is 1.24. The monoisotopic (exact) mass is 209 g/mol. The maximum atomic E-state index is 11.8. The molecule has 0 saturated carbocycles. The maximum absolute atomic E-state index is 11.8. The lowest BCUT2D eigenvalue weighted by atomic mass is 10.1. The molecule has 15 heavy (non-hydrogen) atoms. The molecule has 0 saturated heterocycles. The summed E-state index contributed by atoms with van der Waals surface area (Å²) in [4.78, 5) is 15.8. The zero-order valence-electron chi connectivity index (χ0n) is 9.87. The molecular weight excluding hydrogens is 190 g/mol. The molecule has 1 aromatic heterocycles. The molecule has 0 aliphatic rings. The zero-order valence-corrected chi connectivity index (χ0v) is 9.87. The van der Waals surface area contributed by atoms with Gasteiger partial charge >= 0.3 is 0 Å². The van der Waals surface area contributed by atoms with E-state index in [1.54, 1.807) is 6.20 Å². The number of hydrogen-bond donors (Lipinski definition) is 1.